The van der Waals surface area contributed by atoms with E-state index in [-0.39, 0.29) is 11.9 Å². The van der Waals surface area contributed by atoms with Gasteiger partial charge in [0.05, 0.1) is 11.9 Å². The number of allylic oxidation sites excluding steroid dienone is 2. The maximum absolute atomic E-state index is 13.0. The summed E-state index contributed by atoms with van der Waals surface area (Å²) in [6, 6.07) is 0.0515. The third-order valence-electron chi connectivity index (χ3n) is 1.24. The summed E-state index contributed by atoms with van der Waals surface area (Å²) in [5.74, 6) is -0.468. The molecule has 0 atom stereocenters. The van der Waals surface area contributed by atoms with Crippen molar-refractivity contribution in [1.82, 2.24) is 0 Å². The van der Waals surface area contributed by atoms with Gasteiger partial charge in [-0.05, 0) is 12.6 Å². The highest BCUT2D eigenvalue weighted by Crippen LogP contribution is 2.15. The number of aliphatic imine (C=N–C) groups is 2. The second kappa shape index (κ2) is 5.89. The lowest BCUT2D eigenvalue weighted by Crippen LogP contribution is -1.95. The minimum absolute atomic E-state index is 0.00396. The second-order valence-corrected chi connectivity index (χ2v) is 2.72. The zero-order valence-electron chi connectivity index (χ0n) is 7.22. The first-order chi connectivity index (χ1) is 5.63. The van der Waals surface area contributed by atoms with Crippen molar-refractivity contribution in [3.63, 3.8) is 0 Å². The molecule has 0 aromatic rings. The normalized spacial score (nSPS) is 13.8. The smallest absolute Gasteiger partial charge is 0.162 e. The molecule has 0 aliphatic carbocycles. The van der Waals surface area contributed by atoms with E-state index in [0.717, 1.165) is 6.21 Å². The van der Waals surface area contributed by atoms with E-state index in [1.807, 2.05) is 13.8 Å². The lowest BCUT2D eigenvalue weighted by Gasteiger charge is -2.03. The van der Waals surface area contributed by atoms with Crippen LogP contribution in [0.25, 0.3) is 0 Å². The molecule has 0 spiro atoms. The van der Waals surface area contributed by atoms with Crippen LogP contribution in [0.1, 0.15) is 13.8 Å². The Morgan fingerprint density at radius 1 is 1.67 bits per heavy atom. The molecule has 0 rings (SSSR count). The predicted molar refractivity (Wildman–Crippen MR) is 51.7 cm³/mol. The van der Waals surface area contributed by atoms with Crippen LogP contribution in [-0.4, -0.2) is 18.9 Å². The van der Waals surface area contributed by atoms with Crippen molar-refractivity contribution >= 4 is 24.5 Å². The van der Waals surface area contributed by atoms with Gasteiger partial charge < -0.3 is 0 Å². The van der Waals surface area contributed by atoms with Gasteiger partial charge in [-0.2, -0.15) is 0 Å². The summed E-state index contributed by atoms with van der Waals surface area (Å²) in [4.78, 5) is 7.10. The van der Waals surface area contributed by atoms with Gasteiger partial charge in [0.1, 0.15) is 6.00 Å². The van der Waals surface area contributed by atoms with E-state index in [4.69, 9.17) is 11.6 Å². The Kier molecular flexibility index (Phi) is 5.54. The molecule has 0 N–H and O–H groups in total. The number of nitrogens with zero attached hydrogens (tertiary/aromatic N) is 2. The molecule has 0 aliphatic rings. The molecular formula is C8H12ClFN2. The van der Waals surface area contributed by atoms with Crippen LogP contribution in [0.4, 0.5) is 4.39 Å². The lowest BCUT2D eigenvalue weighted by atomic mass is 10.1. The van der Waals surface area contributed by atoms with Gasteiger partial charge in [-0.1, -0.05) is 13.8 Å². The molecule has 68 valence electrons. The minimum atomic E-state index is -0.472. The standard InChI is InChI=1S/C8H12ClFN2/c1-6(2)8(11-3)7(10)4-12-5-9/h4,6H,3,5H2,1-2H3/b8-7+,12-4-. The Hall–Kier alpha value is -0.700. The molecule has 0 saturated carbocycles. The molecule has 0 aromatic carbocycles. The summed E-state index contributed by atoms with van der Waals surface area (Å²) in [6.45, 7) is 6.93. The molecule has 0 radical (unpaired) electrons. The number of halogens is 2. The molecule has 2 nitrogen and oxygen atoms in total. The van der Waals surface area contributed by atoms with Crippen molar-refractivity contribution in [1.29, 1.82) is 0 Å². The fourth-order valence-electron chi connectivity index (χ4n) is 0.715. The van der Waals surface area contributed by atoms with Gasteiger partial charge >= 0.3 is 0 Å². The van der Waals surface area contributed by atoms with Crippen molar-refractivity contribution in [2.75, 3.05) is 6.00 Å². The van der Waals surface area contributed by atoms with Gasteiger partial charge in [0, 0.05) is 0 Å². The van der Waals surface area contributed by atoms with E-state index < -0.39 is 5.83 Å². The van der Waals surface area contributed by atoms with Crippen LogP contribution in [-0.2, 0) is 0 Å². The molecule has 0 amide bonds. The van der Waals surface area contributed by atoms with Crippen LogP contribution in [0.5, 0.6) is 0 Å². The Bertz CT molecular complexity index is 209. The summed E-state index contributed by atoms with van der Waals surface area (Å²) >= 11 is 5.24. The van der Waals surface area contributed by atoms with E-state index in [0.29, 0.717) is 5.70 Å². The van der Waals surface area contributed by atoms with Crippen LogP contribution >= 0.6 is 11.6 Å². The summed E-state index contributed by atoms with van der Waals surface area (Å²) < 4.78 is 13.0. The quantitative estimate of drug-likeness (QED) is 0.370. The zero-order chi connectivity index (χ0) is 9.56. The first kappa shape index (κ1) is 11.3. The van der Waals surface area contributed by atoms with Gasteiger partial charge in [-0.3, -0.25) is 9.98 Å². The first-order valence-corrected chi connectivity index (χ1v) is 4.09. The predicted octanol–water partition coefficient (Wildman–Crippen LogP) is 2.79. The summed E-state index contributed by atoms with van der Waals surface area (Å²) in [7, 11) is 0. The Morgan fingerprint density at radius 3 is 2.58 bits per heavy atom. The number of hydrogen-bond donors (Lipinski definition) is 0. The maximum atomic E-state index is 13.0. The van der Waals surface area contributed by atoms with E-state index in [2.05, 4.69) is 16.7 Å². The number of alkyl halides is 1. The highest BCUT2D eigenvalue weighted by molar-refractivity contribution is 6.18. The lowest BCUT2D eigenvalue weighted by molar-refractivity contribution is 0.631. The van der Waals surface area contributed by atoms with Gasteiger partial charge in [0.25, 0.3) is 0 Å². The van der Waals surface area contributed by atoms with Crippen LogP contribution < -0.4 is 0 Å². The first-order valence-electron chi connectivity index (χ1n) is 3.55. The maximum Gasteiger partial charge on any atom is 0.162 e. The van der Waals surface area contributed by atoms with Crippen LogP contribution in [0.15, 0.2) is 21.5 Å². The Balaban J connectivity index is 4.60. The fourth-order valence-corrected chi connectivity index (χ4v) is 0.784. The topological polar surface area (TPSA) is 24.7 Å². The van der Waals surface area contributed by atoms with E-state index in [1.54, 1.807) is 0 Å². The Labute approximate surface area is 76.9 Å². The average Bonchev–Trinajstić information content (AvgIpc) is 2.01. The summed E-state index contributed by atoms with van der Waals surface area (Å²) in [6.07, 6.45) is 1.07. The van der Waals surface area contributed by atoms with E-state index in [9.17, 15) is 4.39 Å². The van der Waals surface area contributed by atoms with Crippen LogP contribution in [0, 0.1) is 5.92 Å². The molecule has 0 aliphatic heterocycles. The molecule has 0 saturated heterocycles. The van der Waals surface area contributed by atoms with Gasteiger partial charge in [0.2, 0.25) is 0 Å². The zero-order valence-corrected chi connectivity index (χ0v) is 7.98. The highest BCUT2D eigenvalue weighted by atomic mass is 35.5. The Morgan fingerprint density at radius 2 is 2.25 bits per heavy atom. The summed E-state index contributed by atoms with van der Waals surface area (Å²) in [5, 5.41) is 0. The van der Waals surface area contributed by atoms with Gasteiger partial charge in [-0.25, -0.2) is 4.39 Å². The highest BCUT2D eigenvalue weighted by Gasteiger charge is 2.06. The fraction of sp³-hybridized carbons (Fsp3) is 0.500. The number of rotatable bonds is 4. The third kappa shape index (κ3) is 3.62. The van der Waals surface area contributed by atoms with Crippen LogP contribution in [0.3, 0.4) is 0 Å². The largest absolute Gasteiger partial charge is 0.274 e. The molecule has 4 heteroatoms. The molecule has 0 unspecified atom stereocenters. The van der Waals surface area contributed by atoms with E-state index >= 15 is 0 Å². The van der Waals surface area contributed by atoms with Crippen LogP contribution in [0.2, 0.25) is 0 Å². The second-order valence-electron chi connectivity index (χ2n) is 2.48. The molecule has 0 bridgehead atoms. The van der Waals surface area contributed by atoms with Gasteiger partial charge in [-0.15, -0.1) is 11.6 Å². The van der Waals surface area contributed by atoms with Crippen molar-refractivity contribution in [2.45, 2.75) is 13.8 Å². The minimum Gasteiger partial charge on any atom is -0.274 e. The molecule has 12 heavy (non-hydrogen) atoms. The van der Waals surface area contributed by atoms with E-state index in [1.165, 1.54) is 0 Å². The SMILES string of the molecule is C=N/C(=C(F)\C=N/CCl)C(C)C. The molecule has 0 aromatic heterocycles. The third-order valence-corrected chi connectivity index (χ3v) is 1.37. The molecule has 0 heterocycles. The molecule has 0 fully saturated rings. The number of hydrogen-bond acceptors (Lipinski definition) is 2. The average molecular weight is 191 g/mol. The van der Waals surface area contributed by atoms with Gasteiger partial charge in [0.15, 0.2) is 5.83 Å². The summed E-state index contributed by atoms with van der Waals surface area (Å²) in [5.41, 5.74) is 0.309. The van der Waals surface area contributed by atoms with Crippen molar-refractivity contribution < 1.29 is 4.39 Å². The van der Waals surface area contributed by atoms with Crippen molar-refractivity contribution in [2.24, 2.45) is 15.9 Å². The van der Waals surface area contributed by atoms with Crippen molar-refractivity contribution in [3.05, 3.63) is 11.5 Å². The van der Waals surface area contributed by atoms with Crippen molar-refractivity contribution in [3.8, 4) is 0 Å². The monoisotopic (exact) mass is 190 g/mol. The molecular weight excluding hydrogens is 179 g/mol.